The van der Waals surface area contributed by atoms with Crippen molar-refractivity contribution in [2.45, 2.75) is 4.90 Å². The van der Waals surface area contributed by atoms with Crippen LogP contribution in [0.2, 0.25) is 10.0 Å². The first-order valence-corrected chi connectivity index (χ1v) is 10.8. The number of halogens is 2. The highest BCUT2D eigenvalue weighted by atomic mass is 35.5. The zero-order valence-electron chi connectivity index (χ0n) is 15.5. The molecule has 0 radical (unpaired) electrons. The molecule has 0 spiro atoms. The Hall–Kier alpha value is -3.34. The molecule has 0 aliphatic rings. The minimum atomic E-state index is -3.90. The molecule has 3 aromatic carbocycles. The van der Waals surface area contributed by atoms with Crippen molar-refractivity contribution in [3.05, 3.63) is 86.9 Å². The van der Waals surface area contributed by atoms with E-state index in [1.54, 1.807) is 6.07 Å². The van der Waals surface area contributed by atoms with Gasteiger partial charge in [0.1, 0.15) is 5.69 Å². The molecule has 2 amide bonds. The van der Waals surface area contributed by atoms with Crippen molar-refractivity contribution in [3.63, 3.8) is 0 Å². The number of urea groups is 1. The minimum Gasteiger partial charge on any atom is -0.308 e. The Labute approximate surface area is 187 Å². The highest BCUT2D eigenvalue weighted by molar-refractivity contribution is 7.92. The van der Waals surface area contributed by atoms with Gasteiger partial charge in [0.05, 0.1) is 19.9 Å². The van der Waals surface area contributed by atoms with Crippen molar-refractivity contribution in [1.29, 1.82) is 0 Å². The molecule has 0 aromatic heterocycles. The Bertz CT molecular complexity index is 1250. The number of sulfonamides is 1. The zero-order chi connectivity index (χ0) is 22.6. The molecular formula is C19H14Cl2N4O5S. The van der Waals surface area contributed by atoms with E-state index in [2.05, 4.69) is 15.4 Å². The summed E-state index contributed by atoms with van der Waals surface area (Å²) < 4.78 is 27.3. The van der Waals surface area contributed by atoms with Crippen LogP contribution in [0.3, 0.4) is 0 Å². The molecule has 0 unspecified atom stereocenters. The van der Waals surface area contributed by atoms with Crippen LogP contribution in [-0.2, 0) is 10.0 Å². The molecule has 0 saturated heterocycles. The lowest BCUT2D eigenvalue weighted by Crippen LogP contribution is -2.20. The van der Waals surface area contributed by atoms with E-state index >= 15 is 0 Å². The summed E-state index contributed by atoms with van der Waals surface area (Å²) in [5, 5.41) is 16.3. The average molecular weight is 481 g/mol. The van der Waals surface area contributed by atoms with Gasteiger partial charge in [-0.2, -0.15) is 0 Å². The zero-order valence-corrected chi connectivity index (χ0v) is 17.8. The Morgan fingerprint density at radius 2 is 1.52 bits per heavy atom. The van der Waals surface area contributed by atoms with E-state index in [4.69, 9.17) is 23.2 Å². The van der Waals surface area contributed by atoms with Crippen LogP contribution in [0.4, 0.5) is 27.5 Å². The van der Waals surface area contributed by atoms with E-state index in [0.29, 0.717) is 5.69 Å². The maximum atomic E-state index is 12.5. The molecule has 0 heterocycles. The van der Waals surface area contributed by atoms with Crippen molar-refractivity contribution in [3.8, 4) is 0 Å². The third-order valence-electron chi connectivity index (χ3n) is 3.95. The number of hydrogen-bond donors (Lipinski definition) is 3. The van der Waals surface area contributed by atoms with E-state index in [9.17, 15) is 23.3 Å². The number of nitrogens with zero attached hydrogens (tertiary/aromatic N) is 1. The van der Waals surface area contributed by atoms with Gasteiger partial charge in [-0.25, -0.2) is 13.2 Å². The summed E-state index contributed by atoms with van der Waals surface area (Å²) in [6.45, 7) is 0. The summed E-state index contributed by atoms with van der Waals surface area (Å²) in [6.07, 6.45) is 0. The molecule has 3 N–H and O–H groups in total. The number of nitro groups is 1. The van der Waals surface area contributed by atoms with Crippen molar-refractivity contribution in [2.24, 2.45) is 0 Å². The van der Waals surface area contributed by atoms with E-state index in [-0.39, 0.29) is 32.0 Å². The third-order valence-corrected chi connectivity index (χ3v) is 6.06. The Kier molecular flexibility index (Phi) is 6.64. The number of hydrogen-bond acceptors (Lipinski definition) is 5. The van der Waals surface area contributed by atoms with Gasteiger partial charge in [0.25, 0.3) is 15.7 Å². The van der Waals surface area contributed by atoms with Crippen molar-refractivity contribution in [1.82, 2.24) is 0 Å². The van der Waals surface area contributed by atoms with Crippen LogP contribution in [-0.4, -0.2) is 19.4 Å². The van der Waals surface area contributed by atoms with Gasteiger partial charge in [0, 0.05) is 17.4 Å². The number of rotatable bonds is 6. The number of amides is 2. The van der Waals surface area contributed by atoms with Crippen molar-refractivity contribution >= 4 is 62.0 Å². The molecule has 0 fully saturated rings. The summed E-state index contributed by atoms with van der Waals surface area (Å²) in [6, 6.07) is 14.7. The van der Waals surface area contributed by atoms with Gasteiger partial charge in [-0.3, -0.25) is 14.8 Å². The fraction of sp³-hybridized carbons (Fsp3) is 0. The van der Waals surface area contributed by atoms with Crippen LogP contribution in [0.1, 0.15) is 0 Å². The summed E-state index contributed by atoms with van der Waals surface area (Å²) in [5.74, 6) is 0. The van der Waals surface area contributed by atoms with Crippen molar-refractivity contribution in [2.75, 3.05) is 15.4 Å². The summed E-state index contributed by atoms with van der Waals surface area (Å²) >= 11 is 11.7. The van der Waals surface area contributed by atoms with Crippen LogP contribution < -0.4 is 15.4 Å². The molecule has 0 bridgehead atoms. The Balaban J connectivity index is 1.67. The molecule has 9 nitrogen and oxygen atoms in total. The van der Waals surface area contributed by atoms with Gasteiger partial charge in [-0.15, -0.1) is 0 Å². The van der Waals surface area contributed by atoms with E-state index in [1.165, 1.54) is 60.7 Å². The average Bonchev–Trinajstić information content (AvgIpc) is 2.71. The number of para-hydroxylation sites is 2. The molecule has 3 rings (SSSR count). The smallest absolute Gasteiger partial charge is 0.308 e. The molecule has 0 aliphatic carbocycles. The number of nitro benzene ring substituents is 1. The molecule has 0 aliphatic heterocycles. The van der Waals surface area contributed by atoms with E-state index in [0.717, 1.165) is 0 Å². The second kappa shape index (κ2) is 9.21. The van der Waals surface area contributed by atoms with Crippen LogP contribution in [0, 0.1) is 10.1 Å². The van der Waals surface area contributed by atoms with E-state index in [1.807, 2.05) is 0 Å². The number of carbonyl (C=O) groups is 1. The lowest BCUT2D eigenvalue weighted by atomic mass is 10.2. The topological polar surface area (TPSA) is 130 Å². The summed E-state index contributed by atoms with van der Waals surface area (Å²) in [4.78, 5) is 22.5. The van der Waals surface area contributed by atoms with Crippen molar-refractivity contribution < 1.29 is 18.1 Å². The van der Waals surface area contributed by atoms with Gasteiger partial charge in [-0.1, -0.05) is 35.3 Å². The van der Waals surface area contributed by atoms with Crippen LogP contribution in [0.25, 0.3) is 0 Å². The molecule has 3 aromatic rings. The number of anilines is 3. The molecule has 0 saturated carbocycles. The predicted molar refractivity (Wildman–Crippen MR) is 119 cm³/mol. The SMILES string of the molecule is O=C(Nc1ccc(NS(=O)(=O)c2ccc(Cl)c(Cl)c2)cc1)Nc1ccccc1[N+](=O)[O-]. The number of nitrogens with one attached hydrogen (secondary N) is 3. The Morgan fingerprint density at radius 3 is 2.16 bits per heavy atom. The second-order valence-corrected chi connectivity index (χ2v) is 8.61. The number of carbonyl (C=O) groups excluding carboxylic acids is 1. The maximum absolute atomic E-state index is 12.5. The third kappa shape index (κ3) is 5.63. The molecular weight excluding hydrogens is 467 g/mol. The standard InChI is InChI=1S/C19H14Cl2N4O5S/c20-15-10-9-14(11-16(15)21)31(29,30)24-13-7-5-12(6-8-13)22-19(26)23-17-3-1-2-4-18(17)25(27)28/h1-11,24H,(H2,22,23,26). The minimum absolute atomic E-state index is 0.0380. The fourth-order valence-electron chi connectivity index (χ4n) is 2.50. The fourth-order valence-corrected chi connectivity index (χ4v) is 3.95. The number of benzene rings is 3. The van der Waals surface area contributed by atoms with Crippen LogP contribution >= 0.6 is 23.2 Å². The summed E-state index contributed by atoms with van der Waals surface area (Å²) in [7, 11) is -3.90. The largest absolute Gasteiger partial charge is 0.323 e. The van der Waals surface area contributed by atoms with Gasteiger partial charge < -0.3 is 10.6 Å². The molecule has 160 valence electrons. The van der Waals surface area contributed by atoms with Gasteiger partial charge in [0.15, 0.2) is 0 Å². The van der Waals surface area contributed by atoms with Crippen LogP contribution in [0.5, 0.6) is 0 Å². The summed E-state index contributed by atoms with van der Waals surface area (Å²) in [5.41, 5.74) is 0.380. The first-order valence-electron chi connectivity index (χ1n) is 8.55. The van der Waals surface area contributed by atoms with Gasteiger partial charge in [0.2, 0.25) is 0 Å². The molecule has 0 atom stereocenters. The van der Waals surface area contributed by atoms with Gasteiger partial charge in [-0.05, 0) is 48.5 Å². The highest BCUT2D eigenvalue weighted by Gasteiger charge is 2.17. The molecule has 12 heteroatoms. The normalized spacial score (nSPS) is 10.9. The first-order chi connectivity index (χ1) is 14.7. The maximum Gasteiger partial charge on any atom is 0.323 e. The highest BCUT2D eigenvalue weighted by Crippen LogP contribution is 2.27. The molecule has 31 heavy (non-hydrogen) atoms. The first kappa shape index (κ1) is 22.3. The quantitative estimate of drug-likeness (QED) is 0.323. The lowest BCUT2D eigenvalue weighted by Gasteiger charge is -2.11. The van der Waals surface area contributed by atoms with Crippen LogP contribution in [0.15, 0.2) is 71.6 Å². The second-order valence-electron chi connectivity index (χ2n) is 6.11. The monoisotopic (exact) mass is 480 g/mol. The predicted octanol–water partition coefficient (Wildman–Crippen LogP) is 5.35. The lowest BCUT2D eigenvalue weighted by molar-refractivity contribution is -0.383. The van der Waals surface area contributed by atoms with E-state index < -0.39 is 21.0 Å². The van der Waals surface area contributed by atoms with Gasteiger partial charge >= 0.3 is 6.03 Å². The Morgan fingerprint density at radius 1 is 0.871 bits per heavy atom.